The third-order valence-electron chi connectivity index (χ3n) is 6.41. The zero-order chi connectivity index (χ0) is 20.0. The van der Waals surface area contributed by atoms with Crippen molar-refractivity contribution in [3.63, 3.8) is 0 Å². The first kappa shape index (κ1) is 18.2. The maximum atomic E-state index is 12.7. The minimum atomic E-state index is -0.215. The molecule has 3 atom stereocenters. The molecule has 2 saturated heterocycles. The van der Waals surface area contributed by atoms with Gasteiger partial charge in [-0.1, -0.05) is 18.2 Å². The number of para-hydroxylation sites is 1. The molecule has 0 saturated carbocycles. The van der Waals surface area contributed by atoms with Gasteiger partial charge in [0.05, 0.1) is 6.20 Å². The number of fused-ring (bicyclic) bond motifs is 3. The highest BCUT2D eigenvalue weighted by Crippen LogP contribution is 2.31. The van der Waals surface area contributed by atoms with Crippen LogP contribution < -0.4 is 10.2 Å². The molecule has 7 heteroatoms. The number of H-pyrrole nitrogens is 1. The van der Waals surface area contributed by atoms with Crippen molar-refractivity contribution in [1.82, 2.24) is 20.2 Å². The van der Waals surface area contributed by atoms with Crippen molar-refractivity contribution in [3.8, 4) is 0 Å². The standard InChI is InChI=1S/C22H27N5O2/c1-14(9-15-10-23-19-6-4-3-5-18(15)19)25-21(28)20-11-24-22(29-20)27-12-16-7-8-17(13-27)26(16)2/h3-6,10-11,14,16-17,23H,7-9,12-13H2,1-2H3,(H,25,28). The topological polar surface area (TPSA) is 77.4 Å². The Labute approximate surface area is 170 Å². The second-order valence-corrected chi connectivity index (χ2v) is 8.40. The molecule has 2 aliphatic rings. The van der Waals surface area contributed by atoms with E-state index >= 15 is 0 Å². The molecule has 2 bridgehead atoms. The molecular weight excluding hydrogens is 366 g/mol. The van der Waals surface area contributed by atoms with Gasteiger partial charge in [-0.15, -0.1) is 0 Å². The van der Waals surface area contributed by atoms with Crippen molar-refractivity contribution in [2.45, 2.75) is 44.3 Å². The summed E-state index contributed by atoms with van der Waals surface area (Å²) in [4.78, 5) is 25.0. The quantitative estimate of drug-likeness (QED) is 0.697. The molecule has 0 radical (unpaired) electrons. The number of nitrogens with zero attached hydrogens (tertiary/aromatic N) is 3. The van der Waals surface area contributed by atoms with E-state index in [1.165, 1.54) is 23.8 Å². The number of rotatable bonds is 5. The number of amides is 1. The summed E-state index contributed by atoms with van der Waals surface area (Å²) >= 11 is 0. The van der Waals surface area contributed by atoms with Crippen LogP contribution in [0.2, 0.25) is 0 Å². The fourth-order valence-electron chi connectivity index (χ4n) is 4.76. The lowest BCUT2D eigenvalue weighted by atomic mass is 10.1. The largest absolute Gasteiger partial charge is 0.418 e. The predicted molar refractivity (Wildman–Crippen MR) is 112 cm³/mol. The molecule has 152 valence electrons. The summed E-state index contributed by atoms with van der Waals surface area (Å²) in [5, 5.41) is 4.23. The van der Waals surface area contributed by atoms with Gasteiger partial charge in [0.25, 0.3) is 11.9 Å². The van der Waals surface area contributed by atoms with Crippen LogP contribution in [0, 0.1) is 0 Å². The summed E-state index contributed by atoms with van der Waals surface area (Å²) in [6.07, 6.45) is 6.75. The molecule has 0 spiro atoms. The average Bonchev–Trinajstić information content (AvgIpc) is 3.39. The first-order valence-corrected chi connectivity index (χ1v) is 10.4. The van der Waals surface area contributed by atoms with Gasteiger partial charge in [0, 0.05) is 48.3 Å². The van der Waals surface area contributed by atoms with E-state index in [9.17, 15) is 4.79 Å². The molecule has 5 rings (SSSR count). The van der Waals surface area contributed by atoms with E-state index in [2.05, 4.69) is 44.3 Å². The van der Waals surface area contributed by atoms with E-state index in [1.807, 2.05) is 25.3 Å². The normalized spacial score (nSPS) is 22.9. The molecule has 2 aromatic heterocycles. The number of aromatic nitrogens is 2. The van der Waals surface area contributed by atoms with Crippen LogP contribution in [0.1, 0.15) is 35.9 Å². The number of oxazole rings is 1. The number of hydrogen-bond acceptors (Lipinski definition) is 5. The van der Waals surface area contributed by atoms with E-state index in [0.717, 1.165) is 25.0 Å². The summed E-state index contributed by atoms with van der Waals surface area (Å²) in [6.45, 7) is 3.83. The fourth-order valence-corrected chi connectivity index (χ4v) is 4.76. The molecule has 7 nitrogen and oxygen atoms in total. The summed E-state index contributed by atoms with van der Waals surface area (Å²) < 4.78 is 5.83. The van der Waals surface area contributed by atoms with E-state index in [1.54, 1.807) is 6.20 Å². The molecule has 3 unspecified atom stereocenters. The molecule has 0 aliphatic carbocycles. The van der Waals surface area contributed by atoms with Crippen LogP contribution in [0.25, 0.3) is 10.9 Å². The van der Waals surface area contributed by atoms with E-state index < -0.39 is 0 Å². The molecule has 1 amide bonds. The van der Waals surface area contributed by atoms with Gasteiger partial charge >= 0.3 is 0 Å². The van der Waals surface area contributed by atoms with Gasteiger partial charge in [-0.3, -0.25) is 9.69 Å². The van der Waals surface area contributed by atoms with Crippen LogP contribution >= 0.6 is 0 Å². The average molecular weight is 393 g/mol. The Morgan fingerprint density at radius 1 is 1.31 bits per heavy atom. The number of nitrogens with one attached hydrogen (secondary N) is 2. The molecule has 2 aliphatic heterocycles. The van der Waals surface area contributed by atoms with Crippen molar-refractivity contribution in [3.05, 3.63) is 48.0 Å². The Balaban J connectivity index is 1.22. The number of likely N-dealkylation sites (N-methyl/N-ethyl adjacent to an activating group) is 1. The molecule has 2 fully saturated rings. The Morgan fingerprint density at radius 3 is 2.86 bits per heavy atom. The van der Waals surface area contributed by atoms with Crippen molar-refractivity contribution < 1.29 is 9.21 Å². The lowest BCUT2D eigenvalue weighted by Crippen LogP contribution is -2.52. The maximum absolute atomic E-state index is 12.7. The van der Waals surface area contributed by atoms with Crippen molar-refractivity contribution in [1.29, 1.82) is 0 Å². The summed E-state index contributed by atoms with van der Waals surface area (Å²) in [5.41, 5.74) is 2.31. The van der Waals surface area contributed by atoms with Crippen LogP contribution in [0.15, 0.2) is 41.1 Å². The SMILES string of the molecule is CC(Cc1c[nH]c2ccccc12)NC(=O)c1cnc(N2CC3CCC(C2)N3C)o1. The zero-order valence-electron chi connectivity index (χ0n) is 16.9. The Morgan fingerprint density at radius 2 is 2.07 bits per heavy atom. The number of anilines is 1. The van der Waals surface area contributed by atoms with Gasteiger partial charge in [0.15, 0.2) is 0 Å². The highest BCUT2D eigenvalue weighted by Gasteiger charge is 2.38. The minimum Gasteiger partial charge on any atom is -0.418 e. The lowest BCUT2D eigenvalue weighted by molar-refractivity contribution is 0.0912. The molecule has 1 aromatic carbocycles. The number of carbonyl (C=O) groups is 1. The van der Waals surface area contributed by atoms with E-state index in [0.29, 0.717) is 18.1 Å². The smallest absolute Gasteiger partial charge is 0.298 e. The number of benzene rings is 1. The molecule has 4 heterocycles. The van der Waals surface area contributed by atoms with Crippen molar-refractivity contribution in [2.75, 3.05) is 25.0 Å². The van der Waals surface area contributed by atoms with Gasteiger partial charge in [-0.25, -0.2) is 4.98 Å². The maximum Gasteiger partial charge on any atom is 0.298 e. The second-order valence-electron chi connectivity index (χ2n) is 8.40. The van der Waals surface area contributed by atoms with Crippen molar-refractivity contribution >= 4 is 22.8 Å². The number of aromatic amines is 1. The van der Waals surface area contributed by atoms with Gasteiger partial charge in [-0.05, 0) is 44.9 Å². The minimum absolute atomic E-state index is 0.0188. The lowest BCUT2D eigenvalue weighted by Gasteiger charge is -2.37. The first-order valence-electron chi connectivity index (χ1n) is 10.4. The second kappa shape index (κ2) is 7.22. The summed E-state index contributed by atoms with van der Waals surface area (Å²) in [6, 6.07) is 9.84. The molecule has 2 N–H and O–H groups in total. The zero-order valence-corrected chi connectivity index (χ0v) is 16.9. The van der Waals surface area contributed by atoms with Crippen LogP contribution in [-0.2, 0) is 6.42 Å². The Bertz CT molecular complexity index is 1010. The van der Waals surface area contributed by atoms with Crippen LogP contribution in [-0.4, -0.2) is 59.0 Å². The number of carbonyl (C=O) groups excluding carboxylic acids is 1. The molecular formula is C22H27N5O2. The van der Waals surface area contributed by atoms with Gasteiger partial charge in [-0.2, -0.15) is 0 Å². The van der Waals surface area contributed by atoms with Gasteiger partial charge in [0.1, 0.15) is 0 Å². The predicted octanol–water partition coefficient (Wildman–Crippen LogP) is 2.80. The third-order valence-corrected chi connectivity index (χ3v) is 6.41. The van der Waals surface area contributed by atoms with Crippen LogP contribution in [0.4, 0.5) is 6.01 Å². The monoisotopic (exact) mass is 393 g/mol. The Hall–Kier alpha value is -2.80. The fraction of sp³-hybridized carbons (Fsp3) is 0.455. The first-order chi connectivity index (χ1) is 14.1. The van der Waals surface area contributed by atoms with Gasteiger partial charge in [0.2, 0.25) is 5.76 Å². The van der Waals surface area contributed by atoms with Crippen molar-refractivity contribution in [2.24, 2.45) is 0 Å². The summed E-state index contributed by atoms with van der Waals surface area (Å²) in [5.74, 6) is 0.0604. The van der Waals surface area contributed by atoms with E-state index in [-0.39, 0.29) is 17.7 Å². The van der Waals surface area contributed by atoms with Crippen LogP contribution in [0.5, 0.6) is 0 Å². The van der Waals surface area contributed by atoms with Gasteiger partial charge < -0.3 is 19.6 Å². The van der Waals surface area contributed by atoms with Crippen LogP contribution in [0.3, 0.4) is 0 Å². The van der Waals surface area contributed by atoms with E-state index in [4.69, 9.17) is 4.42 Å². The highest BCUT2D eigenvalue weighted by atomic mass is 16.4. The molecule has 3 aromatic rings. The number of piperazine rings is 1. The number of hydrogen-bond donors (Lipinski definition) is 2. The molecule has 29 heavy (non-hydrogen) atoms. The highest BCUT2D eigenvalue weighted by molar-refractivity contribution is 5.91. The Kier molecular flexibility index (Phi) is 4.54. The third kappa shape index (κ3) is 3.40. The summed E-state index contributed by atoms with van der Waals surface area (Å²) in [7, 11) is 2.20.